The molecule has 0 saturated heterocycles. The lowest BCUT2D eigenvalue weighted by atomic mass is 10.00. The first-order valence-corrected chi connectivity index (χ1v) is 6.44. The van der Waals surface area contributed by atoms with Gasteiger partial charge in [0.1, 0.15) is 6.67 Å². The van der Waals surface area contributed by atoms with Crippen LogP contribution in [0.25, 0.3) is 16.5 Å². The number of benzene rings is 1. The van der Waals surface area contributed by atoms with Crippen LogP contribution in [0.4, 0.5) is 4.39 Å². The molecule has 1 aromatic heterocycles. The summed E-state index contributed by atoms with van der Waals surface area (Å²) in [5.74, 6) is 0. The molecule has 0 unspecified atom stereocenters. The molecule has 0 amide bonds. The number of rotatable bonds is 3. The minimum atomic E-state index is -0.321. The van der Waals surface area contributed by atoms with Crippen LogP contribution in [0.3, 0.4) is 0 Å². The van der Waals surface area contributed by atoms with Crippen LogP contribution in [0.2, 0.25) is 0 Å². The summed E-state index contributed by atoms with van der Waals surface area (Å²) in [6.07, 6.45) is 5.39. The lowest BCUT2D eigenvalue weighted by molar-refractivity contribution is 0.451. The molecule has 18 heavy (non-hydrogen) atoms. The fraction of sp³-hybridized carbons (Fsp3) is 0.333. The third-order valence-corrected chi connectivity index (χ3v) is 3.52. The quantitative estimate of drug-likeness (QED) is 0.878. The minimum absolute atomic E-state index is 0.321. The van der Waals surface area contributed by atoms with E-state index in [4.69, 9.17) is 0 Å². The van der Waals surface area contributed by atoms with E-state index in [0.29, 0.717) is 6.54 Å². The smallest absolute Gasteiger partial charge is 0.107 e. The lowest BCUT2D eigenvalue weighted by Gasteiger charge is -2.13. The molecule has 94 valence electrons. The zero-order valence-corrected chi connectivity index (χ0v) is 10.3. The molecule has 3 rings (SSSR count). The molecule has 3 heteroatoms. The lowest BCUT2D eigenvalue weighted by Crippen LogP contribution is -2.19. The van der Waals surface area contributed by atoms with Gasteiger partial charge in [-0.05, 0) is 24.6 Å². The number of para-hydroxylation sites is 1. The Kier molecular flexibility index (Phi) is 3.15. The first-order valence-electron chi connectivity index (χ1n) is 6.44. The average Bonchev–Trinajstić information content (AvgIpc) is 2.80. The second-order valence-electron chi connectivity index (χ2n) is 4.63. The average molecular weight is 244 g/mol. The Labute approximate surface area is 106 Å². The van der Waals surface area contributed by atoms with Gasteiger partial charge in [-0.25, -0.2) is 4.39 Å². The summed E-state index contributed by atoms with van der Waals surface area (Å²) in [5.41, 5.74) is 3.77. The minimum Gasteiger partial charge on any atom is -0.344 e. The van der Waals surface area contributed by atoms with Gasteiger partial charge < -0.3 is 9.88 Å². The molecule has 0 atom stereocenters. The number of hydrogen-bond acceptors (Lipinski definition) is 1. The van der Waals surface area contributed by atoms with Crippen molar-refractivity contribution in [3.05, 3.63) is 42.1 Å². The van der Waals surface area contributed by atoms with Crippen molar-refractivity contribution in [3.8, 4) is 0 Å². The van der Waals surface area contributed by atoms with Gasteiger partial charge in [0, 0.05) is 29.2 Å². The van der Waals surface area contributed by atoms with Gasteiger partial charge in [0.05, 0.1) is 6.54 Å². The van der Waals surface area contributed by atoms with Gasteiger partial charge in [0.15, 0.2) is 0 Å². The van der Waals surface area contributed by atoms with Gasteiger partial charge in [0.2, 0.25) is 0 Å². The molecular weight excluding hydrogens is 227 g/mol. The van der Waals surface area contributed by atoms with Crippen LogP contribution in [0, 0.1) is 0 Å². The summed E-state index contributed by atoms with van der Waals surface area (Å²) < 4.78 is 14.6. The molecule has 0 radical (unpaired) electrons. The zero-order valence-electron chi connectivity index (χ0n) is 10.3. The van der Waals surface area contributed by atoms with E-state index in [2.05, 4.69) is 29.7 Å². The molecule has 1 N–H and O–H groups in total. The highest BCUT2D eigenvalue weighted by Crippen LogP contribution is 2.29. The van der Waals surface area contributed by atoms with Crippen molar-refractivity contribution in [1.29, 1.82) is 0 Å². The second-order valence-corrected chi connectivity index (χ2v) is 4.63. The third-order valence-electron chi connectivity index (χ3n) is 3.52. The van der Waals surface area contributed by atoms with Crippen molar-refractivity contribution in [2.45, 2.75) is 13.0 Å². The maximum Gasteiger partial charge on any atom is 0.107 e. The summed E-state index contributed by atoms with van der Waals surface area (Å²) in [6.45, 7) is 2.07. The van der Waals surface area contributed by atoms with Crippen molar-refractivity contribution in [2.24, 2.45) is 0 Å². The van der Waals surface area contributed by atoms with E-state index in [0.717, 1.165) is 25.0 Å². The number of fused-ring (bicyclic) bond motifs is 1. The number of alkyl halides is 1. The molecule has 0 saturated carbocycles. The number of aryl methyl sites for hydroxylation is 1. The fourth-order valence-electron chi connectivity index (χ4n) is 2.65. The van der Waals surface area contributed by atoms with Crippen LogP contribution >= 0.6 is 0 Å². The summed E-state index contributed by atoms with van der Waals surface area (Å²) >= 11 is 0. The predicted octanol–water partition coefficient (Wildman–Crippen LogP) is 2.99. The summed E-state index contributed by atoms with van der Waals surface area (Å²) in [7, 11) is 0. The van der Waals surface area contributed by atoms with Gasteiger partial charge in [-0.15, -0.1) is 0 Å². The van der Waals surface area contributed by atoms with E-state index in [9.17, 15) is 4.39 Å². The van der Waals surface area contributed by atoms with Crippen LogP contribution in [-0.2, 0) is 6.54 Å². The van der Waals surface area contributed by atoms with Crippen LogP contribution in [0.1, 0.15) is 12.0 Å². The van der Waals surface area contributed by atoms with E-state index < -0.39 is 0 Å². The number of halogens is 1. The molecule has 2 aromatic rings. The van der Waals surface area contributed by atoms with Crippen LogP contribution in [0.5, 0.6) is 0 Å². The van der Waals surface area contributed by atoms with E-state index in [-0.39, 0.29) is 6.67 Å². The normalized spacial score (nSPS) is 15.9. The van der Waals surface area contributed by atoms with Gasteiger partial charge in [-0.3, -0.25) is 0 Å². The Bertz CT molecular complexity index is 583. The standard InChI is InChI=1S/C15H17FN2/c16-7-10-18-11-14(12-5-8-17-9-6-12)13-3-1-2-4-15(13)18/h1-5,11,17H,6-10H2. The van der Waals surface area contributed by atoms with Crippen molar-refractivity contribution in [2.75, 3.05) is 19.8 Å². The van der Waals surface area contributed by atoms with Crippen molar-refractivity contribution in [3.63, 3.8) is 0 Å². The number of nitrogens with one attached hydrogen (secondary N) is 1. The van der Waals surface area contributed by atoms with Gasteiger partial charge in [-0.2, -0.15) is 0 Å². The molecule has 0 fully saturated rings. The molecule has 1 aromatic carbocycles. The van der Waals surface area contributed by atoms with Crippen molar-refractivity contribution >= 4 is 16.5 Å². The molecule has 1 aliphatic rings. The Morgan fingerprint density at radius 1 is 1.28 bits per heavy atom. The number of nitrogens with zero attached hydrogens (tertiary/aromatic N) is 1. The maximum absolute atomic E-state index is 12.6. The van der Waals surface area contributed by atoms with E-state index in [1.165, 1.54) is 16.5 Å². The Balaban J connectivity index is 2.13. The topological polar surface area (TPSA) is 17.0 Å². The van der Waals surface area contributed by atoms with Gasteiger partial charge in [0.25, 0.3) is 0 Å². The highest BCUT2D eigenvalue weighted by atomic mass is 19.1. The summed E-state index contributed by atoms with van der Waals surface area (Å²) in [6, 6.07) is 8.25. The first kappa shape index (κ1) is 11.5. The Morgan fingerprint density at radius 2 is 2.17 bits per heavy atom. The monoisotopic (exact) mass is 244 g/mol. The van der Waals surface area contributed by atoms with Crippen molar-refractivity contribution in [1.82, 2.24) is 9.88 Å². The second kappa shape index (κ2) is 4.94. The molecule has 2 heterocycles. The fourth-order valence-corrected chi connectivity index (χ4v) is 2.65. The van der Waals surface area contributed by atoms with E-state index in [1.807, 2.05) is 16.7 Å². The number of aromatic nitrogens is 1. The molecular formula is C15H17FN2. The number of hydrogen-bond donors (Lipinski definition) is 1. The first-order chi connectivity index (χ1) is 8.90. The molecule has 0 spiro atoms. The van der Waals surface area contributed by atoms with Crippen molar-refractivity contribution < 1.29 is 4.39 Å². The van der Waals surface area contributed by atoms with E-state index in [1.54, 1.807) is 0 Å². The molecule has 0 aliphatic carbocycles. The highest BCUT2D eigenvalue weighted by molar-refractivity contribution is 5.93. The van der Waals surface area contributed by atoms with Gasteiger partial charge in [-0.1, -0.05) is 24.3 Å². The molecule has 2 nitrogen and oxygen atoms in total. The van der Waals surface area contributed by atoms with E-state index >= 15 is 0 Å². The third kappa shape index (κ3) is 1.95. The largest absolute Gasteiger partial charge is 0.344 e. The predicted molar refractivity (Wildman–Crippen MR) is 73.4 cm³/mol. The summed E-state index contributed by atoms with van der Waals surface area (Å²) in [4.78, 5) is 0. The summed E-state index contributed by atoms with van der Waals surface area (Å²) in [5, 5.41) is 4.56. The van der Waals surface area contributed by atoms with Gasteiger partial charge >= 0.3 is 0 Å². The molecule has 0 bridgehead atoms. The van der Waals surface area contributed by atoms with Crippen LogP contribution < -0.4 is 5.32 Å². The highest BCUT2D eigenvalue weighted by Gasteiger charge is 2.13. The zero-order chi connectivity index (χ0) is 12.4. The van der Waals surface area contributed by atoms with Crippen LogP contribution in [-0.4, -0.2) is 24.3 Å². The SMILES string of the molecule is FCCn1cc(C2=CCNCC2)c2ccccc21. The maximum atomic E-state index is 12.6. The Morgan fingerprint density at radius 3 is 2.94 bits per heavy atom. The van der Waals surface area contributed by atoms with Crippen LogP contribution in [0.15, 0.2) is 36.5 Å². The Hall–Kier alpha value is -1.61. The molecule has 1 aliphatic heterocycles.